The Morgan fingerprint density at radius 3 is 2.87 bits per heavy atom. The van der Waals surface area contributed by atoms with E-state index in [-0.39, 0.29) is 5.91 Å². The number of carbonyl (C=O) groups excluding carboxylic acids is 1. The van der Waals surface area contributed by atoms with Gasteiger partial charge in [0.15, 0.2) is 0 Å². The van der Waals surface area contributed by atoms with E-state index < -0.39 is 0 Å². The first-order valence-electron chi connectivity index (χ1n) is 7.45. The maximum Gasteiger partial charge on any atom is 0.251 e. The van der Waals surface area contributed by atoms with Crippen molar-refractivity contribution in [2.75, 3.05) is 7.05 Å². The number of hydrogen-bond donors (Lipinski definition) is 1. The van der Waals surface area contributed by atoms with Gasteiger partial charge >= 0.3 is 0 Å². The van der Waals surface area contributed by atoms with Gasteiger partial charge in [-0.2, -0.15) is 0 Å². The van der Waals surface area contributed by atoms with Crippen molar-refractivity contribution in [3.63, 3.8) is 0 Å². The van der Waals surface area contributed by atoms with E-state index in [1.165, 1.54) is 0 Å². The largest absolute Gasteiger partial charge is 0.489 e. The first kappa shape index (κ1) is 15.1. The highest BCUT2D eigenvalue weighted by atomic mass is 16.5. The fourth-order valence-corrected chi connectivity index (χ4v) is 2.50. The SMILES string of the molecule is CNC(=O)c1cccc(COc2ccc3c(c2)nc(C)n3C)c1. The molecule has 1 N–H and O–H groups in total. The van der Waals surface area contributed by atoms with Gasteiger partial charge in [0, 0.05) is 25.7 Å². The van der Waals surface area contributed by atoms with Crippen molar-refractivity contribution in [3.8, 4) is 5.75 Å². The lowest BCUT2D eigenvalue weighted by atomic mass is 10.1. The lowest BCUT2D eigenvalue weighted by Gasteiger charge is -2.08. The standard InChI is InChI=1S/C18H19N3O2/c1-12-20-16-10-15(7-8-17(16)21(12)3)23-11-13-5-4-6-14(9-13)18(22)19-2/h4-10H,11H2,1-3H3,(H,19,22). The predicted molar refractivity (Wildman–Crippen MR) is 89.6 cm³/mol. The van der Waals surface area contributed by atoms with Crippen molar-refractivity contribution in [2.24, 2.45) is 7.05 Å². The number of nitrogens with zero attached hydrogens (tertiary/aromatic N) is 2. The van der Waals surface area contributed by atoms with E-state index in [2.05, 4.69) is 10.3 Å². The second-order valence-corrected chi connectivity index (χ2v) is 5.44. The molecule has 5 heteroatoms. The summed E-state index contributed by atoms with van der Waals surface area (Å²) in [5.74, 6) is 1.63. The maximum absolute atomic E-state index is 11.7. The number of fused-ring (bicyclic) bond motifs is 1. The van der Waals surface area contributed by atoms with Gasteiger partial charge in [-0.05, 0) is 36.8 Å². The molecule has 0 saturated heterocycles. The third-order valence-electron chi connectivity index (χ3n) is 3.90. The monoisotopic (exact) mass is 309 g/mol. The molecule has 0 aliphatic heterocycles. The highest BCUT2D eigenvalue weighted by molar-refractivity contribution is 5.94. The Hall–Kier alpha value is -2.82. The number of hydrogen-bond acceptors (Lipinski definition) is 3. The molecule has 118 valence electrons. The number of rotatable bonds is 4. The van der Waals surface area contributed by atoms with E-state index in [9.17, 15) is 4.79 Å². The highest BCUT2D eigenvalue weighted by Crippen LogP contribution is 2.21. The van der Waals surface area contributed by atoms with Crippen molar-refractivity contribution in [1.82, 2.24) is 14.9 Å². The lowest BCUT2D eigenvalue weighted by Crippen LogP contribution is -2.17. The minimum absolute atomic E-state index is 0.0998. The van der Waals surface area contributed by atoms with Gasteiger partial charge in [0.2, 0.25) is 0 Å². The van der Waals surface area contributed by atoms with Gasteiger partial charge in [-0.1, -0.05) is 12.1 Å². The molecule has 1 amide bonds. The van der Waals surface area contributed by atoms with Gasteiger partial charge < -0.3 is 14.6 Å². The van der Waals surface area contributed by atoms with E-state index >= 15 is 0 Å². The molecule has 5 nitrogen and oxygen atoms in total. The van der Waals surface area contributed by atoms with Gasteiger partial charge in [0.05, 0.1) is 11.0 Å². The molecule has 0 aliphatic carbocycles. The quantitative estimate of drug-likeness (QED) is 0.806. The smallest absolute Gasteiger partial charge is 0.251 e. The number of imidazole rings is 1. The Kier molecular flexibility index (Phi) is 4.02. The molecule has 0 unspecified atom stereocenters. The van der Waals surface area contributed by atoms with Crippen molar-refractivity contribution in [2.45, 2.75) is 13.5 Å². The fraction of sp³-hybridized carbons (Fsp3) is 0.222. The highest BCUT2D eigenvalue weighted by Gasteiger charge is 2.07. The van der Waals surface area contributed by atoms with Crippen LogP contribution in [0.4, 0.5) is 0 Å². The zero-order valence-corrected chi connectivity index (χ0v) is 13.5. The number of aromatic nitrogens is 2. The third kappa shape index (κ3) is 3.04. The van der Waals surface area contributed by atoms with Crippen LogP contribution in [-0.4, -0.2) is 22.5 Å². The second-order valence-electron chi connectivity index (χ2n) is 5.44. The Balaban J connectivity index is 1.77. The summed E-state index contributed by atoms with van der Waals surface area (Å²) < 4.78 is 7.88. The molecule has 0 spiro atoms. The first-order valence-corrected chi connectivity index (χ1v) is 7.45. The molecule has 0 bridgehead atoms. The average molecular weight is 309 g/mol. The molecule has 0 radical (unpaired) electrons. The van der Waals surface area contributed by atoms with Crippen LogP contribution in [0.2, 0.25) is 0 Å². The predicted octanol–water partition coefficient (Wildman–Crippen LogP) is 2.82. The zero-order valence-electron chi connectivity index (χ0n) is 13.5. The van der Waals surface area contributed by atoms with E-state index in [1.807, 2.05) is 54.9 Å². The number of benzene rings is 2. The van der Waals surface area contributed by atoms with Gasteiger partial charge in [-0.3, -0.25) is 4.79 Å². The third-order valence-corrected chi connectivity index (χ3v) is 3.90. The van der Waals surface area contributed by atoms with Crippen LogP contribution in [0.25, 0.3) is 11.0 Å². The molecule has 3 aromatic rings. The fourth-order valence-electron chi connectivity index (χ4n) is 2.50. The van der Waals surface area contributed by atoms with Crippen LogP contribution in [0, 0.1) is 6.92 Å². The summed E-state index contributed by atoms with van der Waals surface area (Å²) in [6, 6.07) is 13.3. The minimum Gasteiger partial charge on any atom is -0.489 e. The molecular formula is C18H19N3O2. The maximum atomic E-state index is 11.7. The molecule has 0 aliphatic rings. The number of amides is 1. The van der Waals surface area contributed by atoms with Gasteiger partial charge in [0.1, 0.15) is 18.2 Å². The molecular weight excluding hydrogens is 290 g/mol. The topological polar surface area (TPSA) is 56.1 Å². The number of carbonyl (C=O) groups is 1. The summed E-state index contributed by atoms with van der Waals surface area (Å²) in [5.41, 5.74) is 3.57. The van der Waals surface area contributed by atoms with Crippen LogP contribution in [-0.2, 0) is 13.7 Å². The summed E-state index contributed by atoms with van der Waals surface area (Å²) in [4.78, 5) is 16.2. The van der Waals surface area contributed by atoms with E-state index in [1.54, 1.807) is 13.1 Å². The van der Waals surface area contributed by atoms with Gasteiger partial charge in [-0.15, -0.1) is 0 Å². The van der Waals surface area contributed by atoms with E-state index in [4.69, 9.17) is 4.74 Å². The van der Waals surface area contributed by atoms with Crippen LogP contribution in [0.5, 0.6) is 5.75 Å². The molecule has 0 saturated carbocycles. The first-order chi connectivity index (χ1) is 11.1. The normalized spacial score (nSPS) is 10.7. The van der Waals surface area contributed by atoms with Gasteiger partial charge in [0.25, 0.3) is 5.91 Å². The van der Waals surface area contributed by atoms with Crippen LogP contribution in [0.3, 0.4) is 0 Å². The Morgan fingerprint density at radius 2 is 2.09 bits per heavy atom. The summed E-state index contributed by atoms with van der Waals surface area (Å²) in [7, 11) is 3.62. The molecule has 1 heterocycles. The van der Waals surface area contributed by atoms with Crippen LogP contribution in [0.15, 0.2) is 42.5 Å². The lowest BCUT2D eigenvalue weighted by molar-refractivity contribution is 0.0963. The molecule has 1 aromatic heterocycles. The van der Waals surface area contributed by atoms with Crippen LogP contribution >= 0.6 is 0 Å². The van der Waals surface area contributed by atoms with Gasteiger partial charge in [-0.25, -0.2) is 4.98 Å². The van der Waals surface area contributed by atoms with E-state index in [0.29, 0.717) is 12.2 Å². The summed E-state index contributed by atoms with van der Waals surface area (Å²) >= 11 is 0. The molecule has 23 heavy (non-hydrogen) atoms. The zero-order chi connectivity index (χ0) is 16.4. The number of aryl methyl sites for hydroxylation is 2. The molecule has 0 atom stereocenters. The van der Waals surface area contributed by atoms with Crippen molar-refractivity contribution < 1.29 is 9.53 Å². The van der Waals surface area contributed by atoms with Crippen LogP contribution < -0.4 is 10.1 Å². The summed E-state index contributed by atoms with van der Waals surface area (Å²) in [6.07, 6.45) is 0. The summed E-state index contributed by atoms with van der Waals surface area (Å²) in [5, 5.41) is 2.62. The molecule has 0 fully saturated rings. The van der Waals surface area contributed by atoms with Crippen molar-refractivity contribution in [3.05, 3.63) is 59.4 Å². The Labute approximate surface area is 134 Å². The van der Waals surface area contributed by atoms with Crippen molar-refractivity contribution >= 4 is 16.9 Å². The average Bonchev–Trinajstić information content (AvgIpc) is 2.86. The Bertz CT molecular complexity index is 868. The number of nitrogens with one attached hydrogen (secondary N) is 1. The summed E-state index contributed by atoms with van der Waals surface area (Å²) in [6.45, 7) is 2.38. The minimum atomic E-state index is -0.0998. The number of ether oxygens (including phenoxy) is 1. The Morgan fingerprint density at radius 1 is 1.26 bits per heavy atom. The van der Waals surface area contributed by atoms with E-state index in [0.717, 1.165) is 28.2 Å². The van der Waals surface area contributed by atoms with Crippen LogP contribution in [0.1, 0.15) is 21.7 Å². The second kappa shape index (κ2) is 6.12. The van der Waals surface area contributed by atoms with Crippen molar-refractivity contribution in [1.29, 1.82) is 0 Å². The molecule has 3 rings (SSSR count). The molecule has 2 aromatic carbocycles.